The zero-order chi connectivity index (χ0) is 28.9. The largest absolute Gasteiger partial charge is 0.252 e. The SMILES string of the molecule is C=C(c1ccccc1)C(c1cc(-c2ccccc2)cc(-c2ccccc2)n1)c1c(C)ccc2c1C/C=C\C=C/C(C)=C2. The lowest BCUT2D eigenvalue weighted by Crippen LogP contribution is -2.12. The van der Waals surface area contributed by atoms with Crippen LogP contribution in [0.25, 0.3) is 34.0 Å². The molecule has 4 aromatic carbocycles. The average Bonchev–Trinajstić information content (AvgIpc) is 3.13. The Morgan fingerprint density at radius 2 is 1.38 bits per heavy atom. The molecule has 0 aliphatic heterocycles. The summed E-state index contributed by atoms with van der Waals surface area (Å²) in [6.07, 6.45) is 11.8. The molecular weight excluding hydrogens is 506 g/mol. The first-order valence-corrected chi connectivity index (χ1v) is 14.6. The van der Waals surface area contributed by atoms with Crippen molar-refractivity contribution < 1.29 is 0 Å². The predicted octanol–water partition coefficient (Wildman–Crippen LogP) is 10.6. The van der Waals surface area contributed by atoms with Crippen LogP contribution in [0.2, 0.25) is 0 Å². The number of rotatable bonds is 6. The number of hydrogen-bond donors (Lipinski definition) is 0. The van der Waals surface area contributed by atoms with Crippen LogP contribution in [0.3, 0.4) is 0 Å². The molecule has 1 unspecified atom stereocenters. The number of allylic oxidation sites excluding steroid dienone is 6. The van der Waals surface area contributed by atoms with E-state index in [4.69, 9.17) is 11.6 Å². The number of fused-ring (bicyclic) bond motifs is 1. The highest BCUT2D eigenvalue weighted by molar-refractivity contribution is 5.78. The lowest BCUT2D eigenvalue weighted by molar-refractivity contribution is 0.940. The Bertz CT molecular complexity index is 1750. The molecule has 1 heterocycles. The Balaban J connectivity index is 1.65. The summed E-state index contributed by atoms with van der Waals surface area (Å²) in [7, 11) is 0. The van der Waals surface area contributed by atoms with Crippen molar-refractivity contribution in [1.29, 1.82) is 0 Å². The second-order valence-electron chi connectivity index (χ2n) is 11.0. The second kappa shape index (κ2) is 12.2. The zero-order valence-corrected chi connectivity index (χ0v) is 24.3. The van der Waals surface area contributed by atoms with Gasteiger partial charge in [0, 0.05) is 5.56 Å². The van der Waals surface area contributed by atoms with E-state index in [1.807, 2.05) is 0 Å². The molecule has 1 aliphatic rings. The maximum atomic E-state index is 5.41. The van der Waals surface area contributed by atoms with Crippen LogP contribution in [-0.2, 0) is 6.42 Å². The maximum absolute atomic E-state index is 5.41. The summed E-state index contributed by atoms with van der Waals surface area (Å²) in [5.41, 5.74) is 13.9. The Kier molecular flexibility index (Phi) is 7.92. The van der Waals surface area contributed by atoms with Crippen LogP contribution >= 0.6 is 0 Å². The van der Waals surface area contributed by atoms with Gasteiger partial charge in [-0.3, -0.25) is 4.98 Å². The number of benzene rings is 4. The molecule has 0 spiro atoms. The molecule has 1 aromatic heterocycles. The van der Waals surface area contributed by atoms with E-state index >= 15 is 0 Å². The molecular formula is C41H35N. The fourth-order valence-corrected chi connectivity index (χ4v) is 5.90. The third-order valence-electron chi connectivity index (χ3n) is 8.02. The van der Waals surface area contributed by atoms with Crippen molar-refractivity contribution >= 4 is 11.6 Å². The smallest absolute Gasteiger partial charge is 0.0711 e. The molecule has 0 bridgehead atoms. The lowest BCUT2D eigenvalue weighted by Gasteiger charge is -2.27. The summed E-state index contributed by atoms with van der Waals surface area (Å²) < 4.78 is 0. The second-order valence-corrected chi connectivity index (χ2v) is 11.0. The van der Waals surface area contributed by atoms with Gasteiger partial charge < -0.3 is 0 Å². The van der Waals surface area contributed by atoms with Crippen LogP contribution in [0.15, 0.2) is 152 Å². The molecule has 5 aromatic rings. The van der Waals surface area contributed by atoms with Crippen LogP contribution in [0.1, 0.15) is 46.4 Å². The van der Waals surface area contributed by atoms with E-state index < -0.39 is 0 Å². The van der Waals surface area contributed by atoms with E-state index in [1.54, 1.807) is 0 Å². The minimum atomic E-state index is -0.135. The Hall–Kier alpha value is -5.01. The van der Waals surface area contributed by atoms with Crippen LogP contribution in [0, 0.1) is 6.92 Å². The molecule has 0 amide bonds. The van der Waals surface area contributed by atoms with Crippen LogP contribution < -0.4 is 0 Å². The van der Waals surface area contributed by atoms with E-state index in [0.29, 0.717) is 0 Å². The predicted molar refractivity (Wildman–Crippen MR) is 179 cm³/mol. The van der Waals surface area contributed by atoms with Gasteiger partial charge in [0.1, 0.15) is 0 Å². The van der Waals surface area contributed by atoms with Gasteiger partial charge in [-0.2, -0.15) is 0 Å². The van der Waals surface area contributed by atoms with Crippen molar-refractivity contribution in [3.05, 3.63) is 185 Å². The molecule has 0 saturated carbocycles. The Morgan fingerprint density at radius 1 is 0.714 bits per heavy atom. The highest BCUT2D eigenvalue weighted by Gasteiger charge is 2.27. The number of aromatic nitrogens is 1. The van der Waals surface area contributed by atoms with Gasteiger partial charge in [0.2, 0.25) is 0 Å². The van der Waals surface area contributed by atoms with E-state index in [-0.39, 0.29) is 5.92 Å². The van der Waals surface area contributed by atoms with Gasteiger partial charge in [-0.05, 0) is 76.9 Å². The van der Waals surface area contributed by atoms with Gasteiger partial charge in [-0.15, -0.1) is 0 Å². The fraction of sp³-hybridized carbons (Fsp3) is 0.0976. The summed E-state index contributed by atoms with van der Waals surface area (Å²) >= 11 is 0. The first kappa shape index (κ1) is 27.2. The molecule has 204 valence electrons. The summed E-state index contributed by atoms with van der Waals surface area (Å²) in [6, 6.07) is 40.7. The zero-order valence-electron chi connectivity index (χ0n) is 24.3. The van der Waals surface area contributed by atoms with Gasteiger partial charge in [0.15, 0.2) is 0 Å². The van der Waals surface area contributed by atoms with Crippen molar-refractivity contribution in [3.8, 4) is 22.4 Å². The van der Waals surface area contributed by atoms with Crippen molar-refractivity contribution in [2.24, 2.45) is 0 Å². The van der Waals surface area contributed by atoms with Crippen molar-refractivity contribution in [2.75, 3.05) is 0 Å². The molecule has 1 nitrogen and oxygen atoms in total. The van der Waals surface area contributed by atoms with E-state index in [2.05, 4.69) is 159 Å². The van der Waals surface area contributed by atoms with E-state index in [0.717, 1.165) is 40.1 Å². The van der Waals surface area contributed by atoms with Crippen LogP contribution in [0.5, 0.6) is 0 Å². The number of nitrogens with zero attached hydrogens (tertiary/aromatic N) is 1. The lowest BCUT2D eigenvalue weighted by atomic mass is 9.78. The van der Waals surface area contributed by atoms with Crippen LogP contribution in [-0.4, -0.2) is 4.98 Å². The summed E-state index contributed by atoms with van der Waals surface area (Å²) in [5.74, 6) is -0.135. The van der Waals surface area contributed by atoms with E-state index in [9.17, 15) is 0 Å². The van der Waals surface area contributed by atoms with Gasteiger partial charge in [-0.1, -0.05) is 146 Å². The minimum absolute atomic E-state index is 0.135. The molecule has 42 heavy (non-hydrogen) atoms. The third-order valence-corrected chi connectivity index (χ3v) is 8.02. The summed E-state index contributed by atoms with van der Waals surface area (Å²) in [6.45, 7) is 9.15. The topological polar surface area (TPSA) is 12.9 Å². The standard InChI is InChI=1S/C41H35N/c1-29-16-8-4-15-23-37-35(26-29)25-24-30(2)40(37)41(31(3)32-17-9-5-10-18-32)39-28-36(33-19-11-6-12-20-33)27-38(42-39)34-21-13-7-14-22-34/h4-22,24-28,41H,3,23H2,1-2H3/b15-4-,16-8-,29-26?. The maximum Gasteiger partial charge on any atom is 0.0711 e. The quantitative estimate of drug-likeness (QED) is 0.208. The first-order chi connectivity index (χ1) is 20.6. The van der Waals surface area contributed by atoms with Crippen molar-refractivity contribution in [1.82, 2.24) is 4.98 Å². The average molecular weight is 542 g/mol. The molecule has 1 atom stereocenters. The van der Waals surface area contributed by atoms with Gasteiger partial charge in [0.25, 0.3) is 0 Å². The molecule has 1 aliphatic carbocycles. The van der Waals surface area contributed by atoms with Crippen molar-refractivity contribution in [2.45, 2.75) is 26.2 Å². The number of aryl methyl sites for hydroxylation is 1. The molecule has 0 saturated heterocycles. The Morgan fingerprint density at radius 3 is 2.10 bits per heavy atom. The first-order valence-electron chi connectivity index (χ1n) is 14.6. The summed E-state index contributed by atoms with van der Waals surface area (Å²) in [4.78, 5) is 5.41. The fourth-order valence-electron chi connectivity index (χ4n) is 5.90. The molecule has 0 radical (unpaired) electrons. The monoisotopic (exact) mass is 541 g/mol. The molecule has 6 rings (SSSR count). The number of hydrogen-bond acceptors (Lipinski definition) is 1. The Labute approximate surface area is 249 Å². The number of pyridine rings is 1. The van der Waals surface area contributed by atoms with Gasteiger partial charge in [0.05, 0.1) is 17.3 Å². The van der Waals surface area contributed by atoms with Gasteiger partial charge in [-0.25, -0.2) is 0 Å². The van der Waals surface area contributed by atoms with Crippen LogP contribution in [0.4, 0.5) is 0 Å². The van der Waals surface area contributed by atoms with Crippen molar-refractivity contribution in [3.63, 3.8) is 0 Å². The molecule has 1 heteroatoms. The van der Waals surface area contributed by atoms with Gasteiger partial charge >= 0.3 is 0 Å². The highest BCUT2D eigenvalue weighted by atomic mass is 14.7. The van der Waals surface area contributed by atoms with E-state index in [1.165, 1.54) is 33.4 Å². The molecule has 0 fully saturated rings. The normalized spacial score (nSPS) is 14.9. The minimum Gasteiger partial charge on any atom is -0.252 e. The molecule has 0 N–H and O–H groups in total. The third kappa shape index (κ3) is 5.73. The summed E-state index contributed by atoms with van der Waals surface area (Å²) in [5, 5.41) is 0. The highest BCUT2D eigenvalue weighted by Crippen LogP contribution is 2.42.